The summed E-state index contributed by atoms with van der Waals surface area (Å²) in [5, 5.41) is 12.9. The molecule has 0 fully saturated rings. The van der Waals surface area contributed by atoms with E-state index in [1.165, 1.54) is 16.7 Å². The molecule has 3 aromatic rings. The predicted molar refractivity (Wildman–Crippen MR) is 96.7 cm³/mol. The van der Waals surface area contributed by atoms with Crippen LogP contribution >= 0.6 is 23.4 Å². The minimum atomic E-state index is -0.261. The van der Waals surface area contributed by atoms with Gasteiger partial charge in [-0.3, -0.25) is 14.5 Å². The number of thioether (sulfide) groups is 1. The van der Waals surface area contributed by atoms with Crippen molar-refractivity contribution in [3.63, 3.8) is 0 Å². The van der Waals surface area contributed by atoms with Crippen molar-refractivity contribution in [2.45, 2.75) is 5.16 Å². The first-order valence-electron chi connectivity index (χ1n) is 7.77. The zero-order valence-corrected chi connectivity index (χ0v) is 14.9. The number of tetrazole rings is 1. The first kappa shape index (κ1) is 16.7. The Hall–Kier alpha value is -2.71. The minimum absolute atomic E-state index is 0.261. The van der Waals surface area contributed by atoms with Gasteiger partial charge in [0.2, 0.25) is 5.16 Å². The van der Waals surface area contributed by atoms with E-state index < -0.39 is 0 Å². The third kappa shape index (κ3) is 2.97. The van der Waals surface area contributed by atoms with Crippen LogP contribution in [0.3, 0.4) is 0 Å². The zero-order valence-electron chi connectivity index (χ0n) is 13.4. The number of carbonyl (C=O) groups excluding carboxylic acids is 2. The molecular weight excluding hydrogens is 374 g/mol. The molecule has 7 nitrogen and oxygen atoms in total. The van der Waals surface area contributed by atoms with Crippen molar-refractivity contribution in [1.29, 1.82) is 0 Å². The van der Waals surface area contributed by atoms with Crippen molar-refractivity contribution in [3.05, 3.63) is 64.7 Å². The fraction of sp³-hybridized carbons (Fsp3) is 0.118. The maximum Gasteiger partial charge on any atom is 0.261 e. The average Bonchev–Trinajstić information content (AvgIpc) is 3.21. The van der Waals surface area contributed by atoms with Gasteiger partial charge in [-0.05, 0) is 46.8 Å². The molecule has 0 saturated heterocycles. The van der Waals surface area contributed by atoms with Gasteiger partial charge in [0.25, 0.3) is 11.8 Å². The Kier molecular flexibility index (Phi) is 4.44. The second kappa shape index (κ2) is 6.89. The SMILES string of the molecule is O=C1c2ccccc2C(=O)N1CCSc1nnnn1-c1ccc(Cl)cc1. The van der Waals surface area contributed by atoms with Crippen LogP contribution < -0.4 is 0 Å². The molecular formula is C17H12ClN5O2S. The Balaban J connectivity index is 1.44. The summed E-state index contributed by atoms with van der Waals surface area (Å²) in [7, 11) is 0. The number of nitrogens with zero attached hydrogens (tertiary/aromatic N) is 5. The van der Waals surface area contributed by atoms with Crippen LogP contribution in [0, 0.1) is 0 Å². The number of aromatic nitrogens is 4. The molecule has 0 aliphatic carbocycles. The smallest absolute Gasteiger partial charge is 0.261 e. The topological polar surface area (TPSA) is 81.0 Å². The highest BCUT2D eigenvalue weighted by molar-refractivity contribution is 7.99. The van der Waals surface area contributed by atoms with Crippen molar-refractivity contribution in [2.24, 2.45) is 0 Å². The van der Waals surface area contributed by atoms with Crippen LogP contribution in [0.2, 0.25) is 5.02 Å². The van der Waals surface area contributed by atoms with Gasteiger partial charge >= 0.3 is 0 Å². The fourth-order valence-corrected chi connectivity index (χ4v) is 3.62. The van der Waals surface area contributed by atoms with Gasteiger partial charge in [0.15, 0.2) is 0 Å². The molecule has 26 heavy (non-hydrogen) atoms. The molecule has 1 aliphatic rings. The molecule has 0 N–H and O–H groups in total. The molecule has 0 saturated carbocycles. The molecule has 2 amide bonds. The predicted octanol–water partition coefficient (Wildman–Crippen LogP) is 2.70. The Morgan fingerprint density at radius 1 is 0.962 bits per heavy atom. The summed E-state index contributed by atoms with van der Waals surface area (Å²) in [5.74, 6) is -0.0358. The van der Waals surface area contributed by atoms with E-state index in [1.54, 1.807) is 41.1 Å². The van der Waals surface area contributed by atoms with Gasteiger partial charge in [-0.25, -0.2) is 0 Å². The quantitative estimate of drug-likeness (QED) is 0.496. The van der Waals surface area contributed by atoms with E-state index in [-0.39, 0.29) is 18.4 Å². The van der Waals surface area contributed by atoms with Gasteiger partial charge in [0.05, 0.1) is 16.8 Å². The van der Waals surface area contributed by atoms with Crippen LogP contribution in [0.15, 0.2) is 53.7 Å². The lowest BCUT2D eigenvalue weighted by atomic mass is 10.1. The van der Waals surface area contributed by atoms with E-state index in [2.05, 4.69) is 15.5 Å². The van der Waals surface area contributed by atoms with Crippen LogP contribution in [0.5, 0.6) is 0 Å². The summed E-state index contributed by atoms with van der Waals surface area (Å²) in [5.41, 5.74) is 1.68. The van der Waals surface area contributed by atoms with Crippen molar-refractivity contribution in [1.82, 2.24) is 25.1 Å². The molecule has 9 heteroatoms. The van der Waals surface area contributed by atoms with Crippen molar-refractivity contribution < 1.29 is 9.59 Å². The Labute approximate surface area is 157 Å². The Morgan fingerprint density at radius 3 is 2.27 bits per heavy atom. The van der Waals surface area contributed by atoms with Crippen LogP contribution in [0.25, 0.3) is 5.69 Å². The third-order valence-electron chi connectivity index (χ3n) is 3.94. The standard InChI is InChI=1S/C17H12ClN5O2S/c18-11-5-7-12(8-6-11)23-17(19-20-21-23)26-10-9-22-15(24)13-3-1-2-4-14(13)16(22)25/h1-8H,9-10H2. The summed E-state index contributed by atoms with van der Waals surface area (Å²) in [6.45, 7) is 0.282. The highest BCUT2D eigenvalue weighted by atomic mass is 35.5. The second-order valence-corrected chi connectivity index (χ2v) is 7.00. The molecule has 1 aromatic heterocycles. The largest absolute Gasteiger partial charge is 0.273 e. The first-order chi connectivity index (χ1) is 12.6. The number of rotatable bonds is 5. The van der Waals surface area contributed by atoms with Crippen LogP contribution in [0.1, 0.15) is 20.7 Å². The number of amides is 2. The maximum atomic E-state index is 12.4. The van der Waals surface area contributed by atoms with E-state index in [9.17, 15) is 9.59 Å². The van der Waals surface area contributed by atoms with Crippen molar-refractivity contribution in [3.8, 4) is 5.69 Å². The monoisotopic (exact) mass is 385 g/mol. The van der Waals surface area contributed by atoms with E-state index in [0.29, 0.717) is 27.1 Å². The highest BCUT2D eigenvalue weighted by Crippen LogP contribution is 2.24. The lowest BCUT2D eigenvalue weighted by Gasteiger charge is -2.13. The Morgan fingerprint density at radius 2 is 1.62 bits per heavy atom. The lowest BCUT2D eigenvalue weighted by Crippen LogP contribution is -2.31. The number of hydrogen-bond acceptors (Lipinski definition) is 6. The zero-order chi connectivity index (χ0) is 18.1. The molecule has 0 bridgehead atoms. The first-order valence-corrected chi connectivity index (χ1v) is 9.14. The molecule has 4 rings (SSSR count). The maximum absolute atomic E-state index is 12.4. The fourth-order valence-electron chi connectivity index (χ4n) is 2.68. The average molecular weight is 386 g/mol. The summed E-state index contributed by atoms with van der Waals surface area (Å²) >= 11 is 7.27. The van der Waals surface area contributed by atoms with Gasteiger partial charge < -0.3 is 0 Å². The summed E-state index contributed by atoms with van der Waals surface area (Å²) in [6, 6.07) is 14.0. The summed E-state index contributed by atoms with van der Waals surface area (Å²) in [4.78, 5) is 26.0. The van der Waals surface area contributed by atoms with Crippen molar-refractivity contribution in [2.75, 3.05) is 12.3 Å². The molecule has 1 aliphatic heterocycles. The number of imide groups is 1. The van der Waals surface area contributed by atoms with Crippen LogP contribution in [0.4, 0.5) is 0 Å². The molecule has 0 radical (unpaired) electrons. The highest BCUT2D eigenvalue weighted by Gasteiger charge is 2.34. The van der Waals surface area contributed by atoms with E-state index in [1.807, 2.05) is 12.1 Å². The van der Waals surface area contributed by atoms with Gasteiger partial charge in [0.1, 0.15) is 0 Å². The van der Waals surface area contributed by atoms with E-state index >= 15 is 0 Å². The van der Waals surface area contributed by atoms with Crippen LogP contribution in [-0.4, -0.2) is 49.2 Å². The number of benzene rings is 2. The van der Waals surface area contributed by atoms with E-state index in [4.69, 9.17) is 11.6 Å². The van der Waals surface area contributed by atoms with Crippen LogP contribution in [-0.2, 0) is 0 Å². The Bertz CT molecular complexity index is 954. The molecule has 2 aromatic carbocycles. The van der Waals surface area contributed by atoms with Gasteiger partial charge in [-0.2, -0.15) is 4.68 Å². The molecule has 0 atom stereocenters. The molecule has 0 spiro atoms. The number of fused-ring (bicyclic) bond motifs is 1. The number of halogens is 1. The van der Waals surface area contributed by atoms with Gasteiger partial charge in [0, 0.05) is 17.3 Å². The normalized spacial score (nSPS) is 13.3. The van der Waals surface area contributed by atoms with Gasteiger partial charge in [-0.15, -0.1) is 5.10 Å². The molecule has 2 heterocycles. The summed E-state index contributed by atoms with van der Waals surface area (Å²) in [6.07, 6.45) is 0. The third-order valence-corrected chi connectivity index (χ3v) is 5.09. The molecule has 130 valence electrons. The second-order valence-electron chi connectivity index (χ2n) is 5.51. The molecule has 0 unspecified atom stereocenters. The number of hydrogen-bond donors (Lipinski definition) is 0. The minimum Gasteiger partial charge on any atom is -0.273 e. The van der Waals surface area contributed by atoms with Crippen molar-refractivity contribution >= 4 is 35.2 Å². The van der Waals surface area contributed by atoms with Gasteiger partial charge in [-0.1, -0.05) is 35.5 Å². The lowest BCUT2D eigenvalue weighted by molar-refractivity contribution is 0.0664. The number of carbonyl (C=O) groups is 2. The summed E-state index contributed by atoms with van der Waals surface area (Å²) < 4.78 is 1.59. The van der Waals surface area contributed by atoms with E-state index in [0.717, 1.165) is 5.69 Å².